The summed E-state index contributed by atoms with van der Waals surface area (Å²) in [5.74, 6) is 2.84. The van der Waals surface area contributed by atoms with E-state index in [0.717, 1.165) is 36.5 Å². The number of aliphatic carboxylic acids is 1. The number of fused-ring (bicyclic) bond motifs is 5. The number of hydrogen-bond acceptors (Lipinski definition) is 1. The molecule has 72 valence electrons. The van der Waals surface area contributed by atoms with Gasteiger partial charge in [0.1, 0.15) is 0 Å². The predicted molar refractivity (Wildman–Crippen MR) is 48.2 cm³/mol. The molecule has 3 aliphatic carbocycles. The molecule has 2 bridgehead atoms. The summed E-state index contributed by atoms with van der Waals surface area (Å²) in [7, 11) is 0. The number of carboxylic acids is 1. The lowest BCUT2D eigenvalue weighted by atomic mass is 9.82. The molecule has 4 atom stereocenters. The summed E-state index contributed by atoms with van der Waals surface area (Å²) in [6, 6.07) is 0. The van der Waals surface area contributed by atoms with Crippen LogP contribution < -0.4 is 0 Å². The Morgan fingerprint density at radius 3 is 2.00 bits per heavy atom. The van der Waals surface area contributed by atoms with Crippen molar-refractivity contribution in [1.82, 2.24) is 0 Å². The summed E-state index contributed by atoms with van der Waals surface area (Å²) >= 11 is 0. The van der Waals surface area contributed by atoms with E-state index >= 15 is 0 Å². The van der Waals surface area contributed by atoms with Gasteiger partial charge in [0.15, 0.2) is 0 Å². The highest BCUT2D eigenvalue weighted by atomic mass is 16.4. The Morgan fingerprint density at radius 2 is 1.54 bits per heavy atom. The third kappa shape index (κ3) is 0.976. The smallest absolute Gasteiger partial charge is 0.306 e. The molecule has 2 nitrogen and oxygen atoms in total. The van der Waals surface area contributed by atoms with Crippen molar-refractivity contribution < 1.29 is 9.90 Å². The first kappa shape index (κ1) is 7.84. The second-order valence-electron chi connectivity index (χ2n) is 5.17. The maximum absolute atomic E-state index is 10.9. The lowest BCUT2D eigenvalue weighted by Crippen LogP contribution is -2.15. The van der Waals surface area contributed by atoms with Crippen LogP contribution in [0.15, 0.2) is 0 Å². The van der Waals surface area contributed by atoms with Gasteiger partial charge in [-0.1, -0.05) is 0 Å². The second kappa shape index (κ2) is 2.49. The van der Waals surface area contributed by atoms with Gasteiger partial charge in [-0.3, -0.25) is 4.79 Å². The van der Waals surface area contributed by atoms with Crippen LogP contribution >= 0.6 is 0 Å². The van der Waals surface area contributed by atoms with Gasteiger partial charge in [-0.05, 0) is 55.8 Å². The second-order valence-corrected chi connectivity index (χ2v) is 5.17. The lowest BCUT2D eigenvalue weighted by Gasteiger charge is -2.23. The molecule has 3 fully saturated rings. The van der Waals surface area contributed by atoms with E-state index in [1.165, 1.54) is 19.3 Å². The fourth-order valence-corrected chi connectivity index (χ4v) is 4.22. The average molecular weight is 180 g/mol. The van der Waals surface area contributed by atoms with Gasteiger partial charge < -0.3 is 5.11 Å². The molecular weight excluding hydrogens is 164 g/mol. The van der Waals surface area contributed by atoms with Gasteiger partial charge in [-0.2, -0.15) is 0 Å². The predicted octanol–water partition coefficient (Wildman–Crippen LogP) is 2.14. The third-order valence-corrected chi connectivity index (χ3v) is 4.74. The van der Waals surface area contributed by atoms with Crippen molar-refractivity contribution in [3.8, 4) is 0 Å². The number of rotatable bonds is 1. The molecule has 0 heterocycles. The van der Waals surface area contributed by atoms with Crippen molar-refractivity contribution in [3.63, 3.8) is 0 Å². The molecule has 2 heteroatoms. The first-order valence-corrected chi connectivity index (χ1v) is 5.48. The van der Waals surface area contributed by atoms with Crippen LogP contribution in [0.2, 0.25) is 0 Å². The van der Waals surface area contributed by atoms with Crippen LogP contribution in [0.25, 0.3) is 0 Å². The van der Waals surface area contributed by atoms with Crippen LogP contribution in [0.3, 0.4) is 0 Å². The molecule has 0 unspecified atom stereocenters. The van der Waals surface area contributed by atoms with Crippen molar-refractivity contribution in [1.29, 1.82) is 0 Å². The first-order chi connectivity index (χ1) is 6.25. The Balaban J connectivity index is 1.79. The molecule has 0 aromatic heterocycles. The minimum absolute atomic E-state index is 0.00148. The van der Waals surface area contributed by atoms with Crippen LogP contribution in [0.5, 0.6) is 0 Å². The quantitative estimate of drug-likeness (QED) is 0.671. The summed E-state index contributed by atoms with van der Waals surface area (Å²) in [6.45, 7) is 0. The number of carboxylic acid groups (broad SMARTS) is 1. The minimum atomic E-state index is -0.547. The zero-order chi connectivity index (χ0) is 9.00. The molecule has 13 heavy (non-hydrogen) atoms. The Labute approximate surface area is 78.3 Å². The van der Waals surface area contributed by atoms with Gasteiger partial charge in [0.25, 0.3) is 0 Å². The molecule has 3 saturated carbocycles. The molecule has 3 aliphatic rings. The first-order valence-electron chi connectivity index (χ1n) is 5.48. The Morgan fingerprint density at radius 1 is 1.00 bits per heavy atom. The highest BCUT2D eigenvalue weighted by molar-refractivity contribution is 5.70. The lowest BCUT2D eigenvalue weighted by molar-refractivity contribution is -0.141. The van der Waals surface area contributed by atoms with E-state index in [2.05, 4.69) is 0 Å². The molecule has 0 amide bonds. The molecule has 0 aliphatic heterocycles. The van der Waals surface area contributed by atoms with Gasteiger partial charge in [-0.25, -0.2) is 0 Å². The molecular formula is C11H16O2. The molecule has 0 saturated heterocycles. The van der Waals surface area contributed by atoms with Crippen LogP contribution in [0.4, 0.5) is 0 Å². The van der Waals surface area contributed by atoms with E-state index in [-0.39, 0.29) is 5.92 Å². The molecule has 3 rings (SSSR count). The summed E-state index contributed by atoms with van der Waals surface area (Å²) in [5, 5.41) is 8.96. The van der Waals surface area contributed by atoms with Crippen molar-refractivity contribution >= 4 is 5.97 Å². The van der Waals surface area contributed by atoms with Gasteiger partial charge in [-0.15, -0.1) is 0 Å². The van der Waals surface area contributed by atoms with Crippen LogP contribution in [-0.4, -0.2) is 11.1 Å². The normalized spacial score (nSPS) is 52.5. The summed E-state index contributed by atoms with van der Waals surface area (Å²) < 4.78 is 0. The Hall–Kier alpha value is -0.530. The van der Waals surface area contributed by atoms with Crippen molar-refractivity contribution in [2.24, 2.45) is 29.6 Å². The van der Waals surface area contributed by atoms with Crippen LogP contribution in [0.1, 0.15) is 32.1 Å². The zero-order valence-corrected chi connectivity index (χ0v) is 7.78. The summed E-state index contributed by atoms with van der Waals surface area (Å²) in [6.07, 6.45) is 6.17. The maximum atomic E-state index is 10.9. The van der Waals surface area contributed by atoms with E-state index in [1.54, 1.807) is 0 Å². The van der Waals surface area contributed by atoms with Gasteiger partial charge in [0, 0.05) is 0 Å². The topological polar surface area (TPSA) is 37.3 Å². The van der Waals surface area contributed by atoms with Gasteiger partial charge in [0.2, 0.25) is 0 Å². The Kier molecular flexibility index (Phi) is 1.50. The van der Waals surface area contributed by atoms with Crippen molar-refractivity contribution in [3.05, 3.63) is 0 Å². The fraction of sp³-hybridized carbons (Fsp3) is 0.909. The van der Waals surface area contributed by atoms with Gasteiger partial charge in [0.05, 0.1) is 5.92 Å². The van der Waals surface area contributed by atoms with Gasteiger partial charge >= 0.3 is 5.97 Å². The average Bonchev–Trinajstić information content (AvgIpc) is 2.76. The van der Waals surface area contributed by atoms with Crippen molar-refractivity contribution in [2.75, 3.05) is 0 Å². The highest BCUT2D eigenvalue weighted by Gasteiger charge is 2.53. The Bertz CT molecular complexity index is 230. The van der Waals surface area contributed by atoms with Crippen LogP contribution in [0, 0.1) is 29.6 Å². The minimum Gasteiger partial charge on any atom is -0.481 e. The monoisotopic (exact) mass is 180 g/mol. The molecule has 0 radical (unpaired) electrons. The fourth-order valence-electron chi connectivity index (χ4n) is 4.22. The number of carbonyl (C=O) groups is 1. The molecule has 0 aromatic carbocycles. The standard InChI is InChI=1S/C11H16O2/c12-11(13)8-4-9-6-1-2-7(3-6)10(9)5-8/h6-10H,1-5H2,(H,12,13)/t6-,7-,9-,10-/m0/s1. The van der Waals surface area contributed by atoms with E-state index in [9.17, 15) is 4.79 Å². The summed E-state index contributed by atoms with van der Waals surface area (Å²) in [5.41, 5.74) is 0. The third-order valence-electron chi connectivity index (χ3n) is 4.74. The SMILES string of the molecule is O=C(O)C1C[C@H]2[C@H]3CC[C@@H](C3)[C@@H]2C1. The van der Waals surface area contributed by atoms with E-state index in [4.69, 9.17) is 5.11 Å². The summed E-state index contributed by atoms with van der Waals surface area (Å²) in [4.78, 5) is 10.9. The van der Waals surface area contributed by atoms with E-state index < -0.39 is 5.97 Å². The molecule has 1 N–H and O–H groups in total. The maximum Gasteiger partial charge on any atom is 0.306 e. The van der Waals surface area contributed by atoms with Crippen LogP contribution in [-0.2, 0) is 4.79 Å². The van der Waals surface area contributed by atoms with E-state index in [0.29, 0.717) is 0 Å². The highest BCUT2D eigenvalue weighted by Crippen LogP contribution is 2.59. The largest absolute Gasteiger partial charge is 0.481 e. The van der Waals surface area contributed by atoms with Crippen molar-refractivity contribution in [2.45, 2.75) is 32.1 Å². The zero-order valence-electron chi connectivity index (χ0n) is 7.78. The number of hydrogen-bond donors (Lipinski definition) is 1. The molecule has 0 aromatic rings. The van der Waals surface area contributed by atoms with E-state index in [1.807, 2.05) is 0 Å². The molecule has 0 spiro atoms.